The fourth-order valence-corrected chi connectivity index (χ4v) is 4.41. The topological polar surface area (TPSA) is 54.3 Å². The van der Waals surface area contributed by atoms with E-state index in [1.54, 1.807) is 0 Å². The first kappa shape index (κ1) is 18.0. The largest absolute Gasteiger partial charge is 0.351 e. The van der Waals surface area contributed by atoms with Crippen LogP contribution in [0, 0.1) is 13.8 Å². The van der Waals surface area contributed by atoms with Gasteiger partial charge in [-0.25, -0.2) is 0 Å². The first-order valence-electron chi connectivity index (χ1n) is 9.82. The fourth-order valence-electron chi connectivity index (χ4n) is 4.41. The van der Waals surface area contributed by atoms with Gasteiger partial charge in [-0.05, 0) is 45.6 Å². The van der Waals surface area contributed by atoms with Gasteiger partial charge in [0.1, 0.15) is 0 Å². The molecular formula is C20H31N3O2. The Balaban J connectivity index is 1.57. The zero-order valence-corrected chi connectivity index (χ0v) is 15.6. The summed E-state index contributed by atoms with van der Waals surface area (Å²) in [7, 11) is 0. The molecule has 0 aromatic carbocycles. The maximum Gasteiger partial charge on any atom is 0.253 e. The molecule has 5 heteroatoms. The minimum Gasteiger partial charge on any atom is -0.351 e. The zero-order chi connectivity index (χ0) is 17.8. The molecular weight excluding hydrogens is 314 g/mol. The molecule has 2 aliphatic rings. The molecule has 1 aliphatic carbocycles. The third kappa shape index (κ3) is 4.07. The number of likely N-dealkylation sites (tertiary alicyclic amines) is 1. The maximum absolute atomic E-state index is 12.6. The lowest BCUT2D eigenvalue weighted by atomic mass is 9.95. The van der Waals surface area contributed by atoms with E-state index in [-0.39, 0.29) is 11.8 Å². The number of carbonyl (C=O) groups excluding carboxylic acids is 2. The summed E-state index contributed by atoms with van der Waals surface area (Å²) in [6, 6.07) is 2.54. The molecule has 0 radical (unpaired) electrons. The number of hydrogen-bond donors (Lipinski definition) is 1. The molecule has 1 aliphatic heterocycles. The summed E-state index contributed by atoms with van der Waals surface area (Å²) < 4.78 is 2.35. The molecule has 25 heavy (non-hydrogen) atoms. The van der Waals surface area contributed by atoms with Crippen LogP contribution in [0.4, 0.5) is 0 Å². The molecule has 3 rings (SSSR count). The number of amides is 2. The average Bonchev–Trinajstić information content (AvgIpc) is 3.24. The van der Waals surface area contributed by atoms with Crippen molar-refractivity contribution in [3.05, 3.63) is 23.0 Å². The molecule has 1 aromatic heterocycles. The Labute approximate surface area is 150 Å². The second kappa shape index (κ2) is 8.07. The molecule has 5 nitrogen and oxygen atoms in total. The minimum atomic E-state index is -0.0515. The molecule has 1 saturated heterocycles. The summed E-state index contributed by atoms with van der Waals surface area (Å²) in [6.45, 7) is 6.30. The molecule has 0 bridgehead atoms. The van der Waals surface area contributed by atoms with Gasteiger partial charge in [-0.3, -0.25) is 9.59 Å². The monoisotopic (exact) mass is 345 g/mol. The summed E-state index contributed by atoms with van der Waals surface area (Å²) in [5, 5.41) is 2.94. The molecule has 2 fully saturated rings. The second-order valence-corrected chi connectivity index (χ2v) is 7.54. The van der Waals surface area contributed by atoms with Gasteiger partial charge in [0.25, 0.3) is 5.91 Å². The Morgan fingerprint density at radius 2 is 1.76 bits per heavy atom. The van der Waals surface area contributed by atoms with E-state index in [0.29, 0.717) is 19.0 Å². The van der Waals surface area contributed by atoms with Crippen molar-refractivity contribution in [2.24, 2.45) is 0 Å². The predicted molar refractivity (Wildman–Crippen MR) is 98.8 cm³/mol. The molecule has 2 amide bonds. The van der Waals surface area contributed by atoms with E-state index in [2.05, 4.69) is 16.8 Å². The van der Waals surface area contributed by atoms with Crippen LogP contribution in [-0.4, -0.2) is 40.9 Å². The van der Waals surface area contributed by atoms with Crippen LogP contribution in [0.25, 0.3) is 0 Å². The van der Waals surface area contributed by atoms with Gasteiger partial charge in [-0.15, -0.1) is 0 Å². The number of carbonyl (C=O) groups is 2. The number of aromatic nitrogens is 1. The van der Waals surface area contributed by atoms with Crippen LogP contribution in [0.15, 0.2) is 6.07 Å². The third-order valence-electron chi connectivity index (χ3n) is 5.75. The normalized spacial score (nSPS) is 18.6. The van der Waals surface area contributed by atoms with Crippen molar-refractivity contribution in [2.45, 2.75) is 71.3 Å². The van der Waals surface area contributed by atoms with Gasteiger partial charge in [0.2, 0.25) is 5.91 Å². The summed E-state index contributed by atoms with van der Waals surface area (Å²) >= 11 is 0. The van der Waals surface area contributed by atoms with Crippen LogP contribution in [0.5, 0.6) is 0 Å². The smallest absolute Gasteiger partial charge is 0.253 e. The zero-order valence-electron chi connectivity index (χ0n) is 15.6. The fraction of sp³-hybridized carbons (Fsp3) is 0.700. The Morgan fingerprint density at radius 3 is 2.44 bits per heavy atom. The van der Waals surface area contributed by atoms with Gasteiger partial charge in [0.05, 0.1) is 5.56 Å². The average molecular weight is 345 g/mol. The molecule has 0 spiro atoms. The van der Waals surface area contributed by atoms with Crippen molar-refractivity contribution in [1.82, 2.24) is 14.8 Å². The third-order valence-corrected chi connectivity index (χ3v) is 5.75. The van der Waals surface area contributed by atoms with Gasteiger partial charge in [-0.1, -0.05) is 19.3 Å². The van der Waals surface area contributed by atoms with Gasteiger partial charge in [-0.2, -0.15) is 0 Å². The van der Waals surface area contributed by atoms with E-state index in [9.17, 15) is 9.59 Å². The highest BCUT2D eigenvalue weighted by atomic mass is 16.2. The van der Waals surface area contributed by atoms with Crippen molar-refractivity contribution in [3.63, 3.8) is 0 Å². The van der Waals surface area contributed by atoms with E-state index in [0.717, 1.165) is 37.2 Å². The Kier molecular flexibility index (Phi) is 5.82. The number of nitrogens with zero attached hydrogens (tertiary/aromatic N) is 2. The van der Waals surface area contributed by atoms with Crippen molar-refractivity contribution < 1.29 is 9.59 Å². The van der Waals surface area contributed by atoms with Crippen LogP contribution in [0.2, 0.25) is 0 Å². The standard InChI is InChI=1S/C20H31N3O2/c1-15-14-18(16(2)23(15)17-8-4-3-5-9-17)20(25)21-11-10-19(24)22-12-6-7-13-22/h14,17H,3-13H2,1-2H3,(H,21,25). The number of nitrogens with one attached hydrogen (secondary N) is 1. The van der Waals surface area contributed by atoms with Crippen molar-refractivity contribution in [3.8, 4) is 0 Å². The van der Waals surface area contributed by atoms with E-state index in [4.69, 9.17) is 0 Å². The highest BCUT2D eigenvalue weighted by Crippen LogP contribution is 2.32. The van der Waals surface area contributed by atoms with Crippen LogP contribution in [0.3, 0.4) is 0 Å². The van der Waals surface area contributed by atoms with E-state index in [1.807, 2.05) is 17.9 Å². The number of rotatable bonds is 5. The predicted octanol–water partition coefficient (Wildman–Crippen LogP) is 3.35. The lowest BCUT2D eigenvalue weighted by molar-refractivity contribution is -0.129. The maximum atomic E-state index is 12.6. The van der Waals surface area contributed by atoms with Crippen molar-refractivity contribution in [2.75, 3.05) is 19.6 Å². The minimum absolute atomic E-state index is 0.0515. The first-order valence-corrected chi connectivity index (χ1v) is 9.82. The lowest BCUT2D eigenvalue weighted by Crippen LogP contribution is -2.32. The molecule has 0 atom stereocenters. The van der Waals surface area contributed by atoms with Crippen LogP contribution in [0.1, 0.15) is 79.2 Å². The molecule has 1 saturated carbocycles. The lowest BCUT2D eigenvalue weighted by Gasteiger charge is -2.26. The van der Waals surface area contributed by atoms with Crippen molar-refractivity contribution >= 4 is 11.8 Å². The van der Waals surface area contributed by atoms with Crippen LogP contribution in [-0.2, 0) is 4.79 Å². The summed E-state index contributed by atoms with van der Waals surface area (Å²) in [5.74, 6) is 0.106. The second-order valence-electron chi connectivity index (χ2n) is 7.54. The highest BCUT2D eigenvalue weighted by molar-refractivity contribution is 5.96. The highest BCUT2D eigenvalue weighted by Gasteiger charge is 2.23. The van der Waals surface area contributed by atoms with E-state index < -0.39 is 0 Å². The summed E-state index contributed by atoms with van der Waals surface area (Å²) in [4.78, 5) is 26.5. The van der Waals surface area contributed by atoms with Crippen LogP contribution < -0.4 is 5.32 Å². The SMILES string of the molecule is Cc1cc(C(=O)NCCC(=O)N2CCCC2)c(C)n1C1CCCCC1. The van der Waals surface area contributed by atoms with E-state index >= 15 is 0 Å². The van der Waals surface area contributed by atoms with E-state index in [1.165, 1.54) is 37.8 Å². The Bertz CT molecular complexity index is 623. The number of aryl methyl sites for hydroxylation is 1. The van der Waals surface area contributed by atoms with Gasteiger partial charge in [0.15, 0.2) is 0 Å². The van der Waals surface area contributed by atoms with Gasteiger partial charge < -0.3 is 14.8 Å². The molecule has 138 valence electrons. The van der Waals surface area contributed by atoms with Crippen molar-refractivity contribution in [1.29, 1.82) is 0 Å². The Hall–Kier alpha value is -1.78. The molecule has 2 heterocycles. The quantitative estimate of drug-likeness (QED) is 0.890. The molecule has 0 unspecified atom stereocenters. The first-order chi connectivity index (χ1) is 12.1. The summed E-state index contributed by atoms with van der Waals surface area (Å²) in [5.41, 5.74) is 2.99. The van der Waals surface area contributed by atoms with Gasteiger partial charge in [0, 0.05) is 43.5 Å². The summed E-state index contributed by atoms with van der Waals surface area (Å²) in [6.07, 6.45) is 8.91. The molecule has 1 N–H and O–H groups in total. The Morgan fingerprint density at radius 1 is 1.08 bits per heavy atom. The number of hydrogen-bond acceptors (Lipinski definition) is 2. The van der Waals surface area contributed by atoms with Crippen LogP contribution >= 0.6 is 0 Å². The molecule has 1 aromatic rings. The van der Waals surface area contributed by atoms with Gasteiger partial charge >= 0.3 is 0 Å².